The van der Waals surface area contributed by atoms with Gasteiger partial charge < -0.3 is 14.6 Å². The molecule has 0 radical (unpaired) electrons. The van der Waals surface area contributed by atoms with Crippen LogP contribution < -0.4 is 5.32 Å². The molecule has 3 rings (SSSR count). The first kappa shape index (κ1) is 18.1. The van der Waals surface area contributed by atoms with Crippen LogP contribution >= 0.6 is 0 Å². The van der Waals surface area contributed by atoms with Crippen molar-refractivity contribution in [3.63, 3.8) is 0 Å². The molecule has 6 nitrogen and oxygen atoms in total. The molecule has 7 heteroatoms. The third-order valence-corrected chi connectivity index (χ3v) is 4.57. The molecule has 1 N–H and O–H groups in total. The fourth-order valence-electron chi connectivity index (χ4n) is 3.20. The molecular weight excluding hydrogens is 339 g/mol. The van der Waals surface area contributed by atoms with Gasteiger partial charge in [-0.1, -0.05) is 30.1 Å². The summed E-state index contributed by atoms with van der Waals surface area (Å²) in [6, 6.07) is 5.41. The molecule has 1 heterocycles. The molecule has 26 heavy (non-hydrogen) atoms. The van der Waals surface area contributed by atoms with Crippen molar-refractivity contribution in [2.45, 2.75) is 51.7 Å². The van der Waals surface area contributed by atoms with Crippen LogP contribution in [-0.2, 0) is 9.53 Å². The first-order valence-electron chi connectivity index (χ1n) is 8.65. The third-order valence-electron chi connectivity index (χ3n) is 4.57. The van der Waals surface area contributed by atoms with Crippen molar-refractivity contribution in [2.24, 2.45) is 0 Å². The lowest BCUT2D eigenvalue weighted by Gasteiger charge is -2.20. The predicted octanol–water partition coefficient (Wildman–Crippen LogP) is 3.39. The van der Waals surface area contributed by atoms with Crippen LogP contribution in [0.25, 0.3) is 0 Å². The SMILES string of the molecule is Cc1noc(C)c1C(=O)O[C@@H](C(=O)NC1CCCC1)c1ccc(F)cc1. The molecule has 0 bridgehead atoms. The zero-order valence-corrected chi connectivity index (χ0v) is 14.8. The normalized spacial score (nSPS) is 15.7. The van der Waals surface area contributed by atoms with Gasteiger partial charge in [0.1, 0.15) is 17.1 Å². The lowest BCUT2D eigenvalue weighted by atomic mass is 10.1. The van der Waals surface area contributed by atoms with Gasteiger partial charge in [0.2, 0.25) is 6.10 Å². The third kappa shape index (κ3) is 3.92. The van der Waals surface area contributed by atoms with Gasteiger partial charge in [-0.15, -0.1) is 0 Å². The van der Waals surface area contributed by atoms with E-state index >= 15 is 0 Å². The van der Waals surface area contributed by atoms with Gasteiger partial charge in [0, 0.05) is 11.6 Å². The van der Waals surface area contributed by atoms with Crippen molar-refractivity contribution >= 4 is 11.9 Å². The van der Waals surface area contributed by atoms with Gasteiger partial charge in [0.25, 0.3) is 5.91 Å². The van der Waals surface area contributed by atoms with E-state index in [1.807, 2.05) is 0 Å². The molecular formula is C19H21FN2O4. The van der Waals surface area contributed by atoms with Gasteiger partial charge in [-0.05, 0) is 38.8 Å². The predicted molar refractivity (Wildman–Crippen MR) is 90.9 cm³/mol. The fraction of sp³-hybridized carbons (Fsp3) is 0.421. The van der Waals surface area contributed by atoms with Crippen LogP contribution in [0.4, 0.5) is 4.39 Å². The van der Waals surface area contributed by atoms with Crippen LogP contribution in [0.3, 0.4) is 0 Å². The Kier molecular flexibility index (Phi) is 5.35. The Bertz CT molecular complexity index is 775. The number of esters is 1. The van der Waals surface area contributed by atoms with Crippen molar-refractivity contribution in [3.8, 4) is 0 Å². The number of carbonyl (C=O) groups is 2. The van der Waals surface area contributed by atoms with Crippen LogP contribution in [-0.4, -0.2) is 23.1 Å². The fourth-order valence-corrected chi connectivity index (χ4v) is 3.20. The van der Waals surface area contributed by atoms with E-state index in [0.29, 0.717) is 17.0 Å². The minimum Gasteiger partial charge on any atom is -0.444 e. The van der Waals surface area contributed by atoms with Crippen molar-refractivity contribution in [1.29, 1.82) is 0 Å². The molecule has 1 aliphatic carbocycles. The molecule has 0 unspecified atom stereocenters. The molecule has 1 aromatic carbocycles. The van der Waals surface area contributed by atoms with Crippen LogP contribution in [0.15, 0.2) is 28.8 Å². The van der Waals surface area contributed by atoms with E-state index in [4.69, 9.17) is 9.26 Å². The molecule has 1 aromatic heterocycles. The Morgan fingerprint density at radius 1 is 1.23 bits per heavy atom. The average molecular weight is 360 g/mol. The van der Waals surface area contributed by atoms with Gasteiger partial charge in [-0.2, -0.15) is 0 Å². The number of nitrogens with zero attached hydrogens (tertiary/aromatic N) is 1. The van der Waals surface area contributed by atoms with Gasteiger partial charge in [0.15, 0.2) is 0 Å². The standard InChI is InChI=1S/C19H21FN2O4/c1-11-16(12(2)26-22-11)19(24)25-17(13-7-9-14(20)10-8-13)18(23)21-15-5-3-4-6-15/h7-10,15,17H,3-6H2,1-2H3,(H,21,23)/t17-/m1/s1. The van der Waals surface area contributed by atoms with E-state index in [-0.39, 0.29) is 11.6 Å². The lowest BCUT2D eigenvalue weighted by molar-refractivity contribution is -0.131. The van der Waals surface area contributed by atoms with Gasteiger partial charge in [-0.25, -0.2) is 9.18 Å². The number of rotatable bonds is 5. The van der Waals surface area contributed by atoms with Gasteiger partial charge in [-0.3, -0.25) is 4.79 Å². The minimum atomic E-state index is -1.17. The first-order valence-corrected chi connectivity index (χ1v) is 8.65. The van der Waals surface area contributed by atoms with Gasteiger partial charge in [0.05, 0.1) is 5.69 Å². The summed E-state index contributed by atoms with van der Waals surface area (Å²) >= 11 is 0. The average Bonchev–Trinajstić information content (AvgIpc) is 3.23. The quantitative estimate of drug-likeness (QED) is 0.827. The molecule has 0 saturated heterocycles. The number of benzene rings is 1. The molecule has 138 valence electrons. The van der Waals surface area contributed by atoms with E-state index in [9.17, 15) is 14.0 Å². The molecule has 1 atom stereocenters. The van der Waals surface area contributed by atoms with Crippen molar-refractivity contribution in [3.05, 3.63) is 52.7 Å². The molecule has 1 amide bonds. The van der Waals surface area contributed by atoms with Crippen molar-refractivity contribution < 1.29 is 23.2 Å². The van der Waals surface area contributed by atoms with Crippen LogP contribution in [0, 0.1) is 19.7 Å². The smallest absolute Gasteiger partial charge is 0.344 e. The highest BCUT2D eigenvalue weighted by Crippen LogP contribution is 2.24. The number of aryl methyl sites for hydroxylation is 2. The summed E-state index contributed by atoms with van der Waals surface area (Å²) < 4.78 is 23.7. The Balaban J connectivity index is 1.83. The number of hydrogen-bond donors (Lipinski definition) is 1. The van der Waals surface area contributed by atoms with Crippen molar-refractivity contribution in [2.75, 3.05) is 0 Å². The summed E-state index contributed by atoms with van der Waals surface area (Å²) in [4.78, 5) is 25.3. The van der Waals surface area contributed by atoms with Crippen molar-refractivity contribution in [1.82, 2.24) is 10.5 Å². The van der Waals surface area contributed by atoms with Crippen LogP contribution in [0.5, 0.6) is 0 Å². The largest absolute Gasteiger partial charge is 0.444 e. The number of amides is 1. The Labute approximate surface area is 150 Å². The molecule has 1 aliphatic rings. The van der Waals surface area contributed by atoms with E-state index in [2.05, 4.69) is 10.5 Å². The maximum atomic E-state index is 13.2. The molecule has 1 saturated carbocycles. The van der Waals surface area contributed by atoms with E-state index < -0.39 is 23.8 Å². The summed E-state index contributed by atoms with van der Waals surface area (Å²) in [5, 5.41) is 6.65. The number of ether oxygens (including phenoxy) is 1. The summed E-state index contributed by atoms with van der Waals surface area (Å²) in [6.07, 6.45) is 2.76. The first-order chi connectivity index (χ1) is 12.5. The highest BCUT2D eigenvalue weighted by molar-refractivity contribution is 5.94. The van der Waals surface area contributed by atoms with E-state index in [1.165, 1.54) is 24.3 Å². The Morgan fingerprint density at radius 3 is 2.46 bits per heavy atom. The number of nitrogens with one attached hydrogen (secondary N) is 1. The van der Waals surface area contributed by atoms with E-state index in [1.54, 1.807) is 13.8 Å². The summed E-state index contributed by atoms with van der Waals surface area (Å²) in [7, 11) is 0. The maximum absolute atomic E-state index is 13.2. The Morgan fingerprint density at radius 2 is 1.88 bits per heavy atom. The second kappa shape index (κ2) is 7.68. The maximum Gasteiger partial charge on any atom is 0.344 e. The van der Waals surface area contributed by atoms with E-state index in [0.717, 1.165) is 25.7 Å². The highest BCUT2D eigenvalue weighted by atomic mass is 19.1. The summed E-state index contributed by atoms with van der Waals surface area (Å²) in [5.41, 5.74) is 0.995. The molecule has 2 aromatic rings. The minimum absolute atomic E-state index is 0.0724. The van der Waals surface area contributed by atoms with Gasteiger partial charge >= 0.3 is 5.97 Å². The van der Waals surface area contributed by atoms with Crippen LogP contribution in [0.1, 0.15) is 59.2 Å². The molecule has 1 fully saturated rings. The lowest BCUT2D eigenvalue weighted by Crippen LogP contribution is -2.38. The number of halogens is 1. The molecule has 0 spiro atoms. The monoisotopic (exact) mass is 360 g/mol. The zero-order chi connectivity index (χ0) is 18.7. The summed E-state index contributed by atoms with van der Waals surface area (Å²) in [6.45, 7) is 3.22. The zero-order valence-electron chi connectivity index (χ0n) is 14.8. The number of hydrogen-bond acceptors (Lipinski definition) is 5. The Hall–Kier alpha value is -2.70. The second-order valence-corrected chi connectivity index (χ2v) is 6.53. The van der Waals surface area contributed by atoms with Crippen LogP contribution in [0.2, 0.25) is 0 Å². The highest BCUT2D eigenvalue weighted by Gasteiger charge is 2.30. The topological polar surface area (TPSA) is 81.4 Å². The second-order valence-electron chi connectivity index (χ2n) is 6.53. The number of aromatic nitrogens is 1. The molecule has 0 aliphatic heterocycles. The summed E-state index contributed by atoms with van der Waals surface area (Å²) in [5.74, 6) is -1.22. The number of carbonyl (C=O) groups excluding carboxylic acids is 2.